The van der Waals surface area contributed by atoms with Crippen molar-refractivity contribution < 1.29 is 4.79 Å². The number of carbonyl (C=O) groups excluding carboxylic acids is 1. The summed E-state index contributed by atoms with van der Waals surface area (Å²) in [5.74, 6) is 0.453. The summed E-state index contributed by atoms with van der Waals surface area (Å²) in [5, 5.41) is 9.84. The number of rotatable bonds is 7. The van der Waals surface area contributed by atoms with Crippen LogP contribution in [0.2, 0.25) is 0 Å². The van der Waals surface area contributed by atoms with Gasteiger partial charge in [0, 0.05) is 25.7 Å². The average Bonchev–Trinajstić information content (AvgIpc) is 2.67. The van der Waals surface area contributed by atoms with Gasteiger partial charge in [-0.2, -0.15) is 0 Å². The predicted octanol–water partition coefficient (Wildman–Crippen LogP) is 1.17. The van der Waals surface area contributed by atoms with Gasteiger partial charge in [-0.1, -0.05) is 13.8 Å². The SMILES string of the molecule is CC(C)CCn1cc(N)cc1C(=O)NCCC(=N)N. The van der Waals surface area contributed by atoms with Gasteiger partial charge in [0.05, 0.1) is 11.5 Å². The van der Waals surface area contributed by atoms with Crippen molar-refractivity contribution in [2.24, 2.45) is 11.7 Å². The Hall–Kier alpha value is -1.98. The number of anilines is 1. The first-order valence-corrected chi connectivity index (χ1v) is 6.47. The molecule has 1 rings (SSSR count). The predicted molar refractivity (Wildman–Crippen MR) is 77.2 cm³/mol. The van der Waals surface area contributed by atoms with Gasteiger partial charge in [-0.15, -0.1) is 0 Å². The average molecular weight is 265 g/mol. The van der Waals surface area contributed by atoms with Crippen LogP contribution in [0.1, 0.15) is 37.2 Å². The lowest BCUT2D eigenvalue weighted by atomic mass is 10.1. The molecule has 0 spiro atoms. The summed E-state index contributed by atoms with van der Waals surface area (Å²) in [6, 6.07) is 1.67. The third kappa shape index (κ3) is 5.03. The quantitative estimate of drug-likeness (QED) is 0.439. The number of nitrogens with one attached hydrogen (secondary N) is 2. The molecule has 0 aliphatic heterocycles. The monoisotopic (exact) mass is 265 g/mol. The highest BCUT2D eigenvalue weighted by Crippen LogP contribution is 2.13. The lowest BCUT2D eigenvalue weighted by molar-refractivity contribution is 0.0945. The Balaban J connectivity index is 2.64. The molecule has 0 aromatic carbocycles. The Kier molecular flexibility index (Phi) is 5.41. The smallest absolute Gasteiger partial charge is 0.267 e. The first kappa shape index (κ1) is 15.1. The molecule has 0 radical (unpaired) electrons. The van der Waals surface area contributed by atoms with E-state index in [0.717, 1.165) is 13.0 Å². The van der Waals surface area contributed by atoms with E-state index < -0.39 is 0 Å². The maximum atomic E-state index is 12.0. The van der Waals surface area contributed by atoms with Crippen molar-refractivity contribution in [1.82, 2.24) is 9.88 Å². The molecule has 6 heteroatoms. The number of nitrogens with zero attached hydrogens (tertiary/aromatic N) is 1. The largest absolute Gasteiger partial charge is 0.397 e. The molecule has 0 aliphatic carbocycles. The molecular formula is C13H23N5O. The highest BCUT2D eigenvalue weighted by atomic mass is 16.1. The lowest BCUT2D eigenvalue weighted by Gasteiger charge is -2.10. The number of aryl methyl sites for hydroxylation is 1. The number of amides is 1. The van der Waals surface area contributed by atoms with Crippen molar-refractivity contribution in [2.75, 3.05) is 12.3 Å². The van der Waals surface area contributed by atoms with Crippen LogP contribution in [0.25, 0.3) is 0 Å². The molecule has 6 N–H and O–H groups in total. The lowest BCUT2D eigenvalue weighted by Crippen LogP contribution is -2.29. The first-order chi connectivity index (χ1) is 8.90. The van der Waals surface area contributed by atoms with Crippen LogP contribution in [0.4, 0.5) is 5.69 Å². The molecule has 1 amide bonds. The zero-order valence-electron chi connectivity index (χ0n) is 11.6. The highest BCUT2D eigenvalue weighted by molar-refractivity contribution is 5.94. The van der Waals surface area contributed by atoms with E-state index in [-0.39, 0.29) is 11.7 Å². The molecule has 0 bridgehead atoms. The molecule has 19 heavy (non-hydrogen) atoms. The number of nitrogen functional groups attached to an aromatic ring is 1. The molecule has 0 aliphatic rings. The van der Waals surface area contributed by atoms with Crippen LogP contribution in [-0.2, 0) is 6.54 Å². The van der Waals surface area contributed by atoms with E-state index in [0.29, 0.717) is 30.3 Å². The van der Waals surface area contributed by atoms with Crippen LogP contribution in [-0.4, -0.2) is 22.9 Å². The fraction of sp³-hybridized carbons (Fsp3) is 0.538. The van der Waals surface area contributed by atoms with Crippen molar-refractivity contribution >= 4 is 17.4 Å². The number of nitrogens with two attached hydrogens (primary N) is 2. The fourth-order valence-corrected chi connectivity index (χ4v) is 1.71. The van der Waals surface area contributed by atoms with Gasteiger partial charge in [0.2, 0.25) is 0 Å². The van der Waals surface area contributed by atoms with Gasteiger partial charge in [-0.05, 0) is 18.4 Å². The van der Waals surface area contributed by atoms with E-state index in [1.165, 1.54) is 0 Å². The van der Waals surface area contributed by atoms with Crippen LogP contribution in [0.15, 0.2) is 12.3 Å². The molecule has 0 unspecified atom stereocenters. The standard InChI is InChI=1S/C13H23N5O/c1-9(2)4-6-18-8-10(14)7-11(18)13(19)17-5-3-12(15)16/h7-9H,3-6,14H2,1-2H3,(H3,15,16)(H,17,19). The fourth-order valence-electron chi connectivity index (χ4n) is 1.71. The van der Waals surface area contributed by atoms with Gasteiger partial charge in [0.15, 0.2) is 0 Å². The Bertz CT molecular complexity index is 450. The number of hydrogen-bond acceptors (Lipinski definition) is 3. The number of aromatic nitrogens is 1. The molecule has 1 aromatic rings. The summed E-state index contributed by atoms with van der Waals surface area (Å²) >= 11 is 0. The van der Waals surface area contributed by atoms with E-state index in [1.807, 2.05) is 4.57 Å². The van der Waals surface area contributed by atoms with E-state index >= 15 is 0 Å². The minimum absolute atomic E-state index is 0.0648. The van der Waals surface area contributed by atoms with Gasteiger partial charge >= 0.3 is 0 Å². The van der Waals surface area contributed by atoms with Gasteiger partial charge in [0.1, 0.15) is 5.69 Å². The molecule has 0 saturated carbocycles. The number of hydrogen-bond donors (Lipinski definition) is 4. The molecule has 6 nitrogen and oxygen atoms in total. The van der Waals surface area contributed by atoms with Gasteiger partial charge in [-0.25, -0.2) is 0 Å². The zero-order valence-corrected chi connectivity index (χ0v) is 11.6. The summed E-state index contributed by atoms with van der Waals surface area (Å²) in [7, 11) is 0. The van der Waals surface area contributed by atoms with Crippen molar-refractivity contribution in [3.05, 3.63) is 18.0 Å². The Morgan fingerprint density at radius 1 is 1.53 bits per heavy atom. The highest BCUT2D eigenvalue weighted by Gasteiger charge is 2.12. The first-order valence-electron chi connectivity index (χ1n) is 6.47. The second kappa shape index (κ2) is 6.82. The molecular weight excluding hydrogens is 242 g/mol. The number of carbonyl (C=O) groups is 1. The van der Waals surface area contributed by atoms with Crippen LogP contribution < -0.4 is 16.8 Å². The number of amidine groups is 1. The van der Waals surface area contributed by atoms with E-state index in [1.54, 1.807) is 12.3 Å². The minimum Gasteiger partial charge on any atom is -0.397 e. The van der Waals surface area contributed by atoms with Crippen LogP contribution in [0.5, 0.6) is 0 Å². The topological polar surface area (TPSA) is 110 Å². The van der Waals surface area contributed by atoms with Gasteiger partial charge < -0.3 is 21.4 Å². The Morgan fingerprint density at radius 3 is 2.79 bits per heavy atom. The summed E-state index contributed by atoms with van der Waals surface area (Å²) < 4.78 is 1.87. The van der Waals surface area contributed by atoms with E-state index in [4.69, 9.17) is 16.9 Å². The Morgan fingerprint density at radius 2 is 2.21 bits per heavy atom. The van der Waals surface area contributed by atoms with E-state index in [9.17, 15) is 4.79 Å². The summed E-state index contributed by atoms with van der Waals surface area (Å²) in [6.45, 7) is 5.41. The van der Waals surface area contributed by atoms with Gasteiger partial charge in [-0.3, -0.25) is 10.2 Å². The van der Waals surface area contributed by atoms with E-state index in [2.05, 4.69) is 19.2 Å². The second-order valence-electron chi connectivity index (χ2n) is 5.07. The van der Waals surface area contributed by atoms with Crippen molar-refractivity contribution in [2.45, 2.75) is 33.2 Å². The Labute approximate surface area is 113 Å². The second-order valence-corrected chi connectivity index (χ2v) is 5.07. The van der Waals surface area contributed by atoms with Crippen LogP contribution in [0, 0.1) is 11.3 Å². The maximum Gasteiger partial charge on any atom is 0.267 e. The van der Waals surface area contributed by atoms with Crippen LogP contribution in [0.3, 0.4) is 0 Å². The normalized spacial score (nSPS) is 10.7. The van der Waals surface area contributed by atoms with Crippen molar-refractivity contribution in [3.63, 3.8) is 0 Å². The zero-order chi connectivity index (χ0) is 14.4. The van der Waals surface area contributed by atoms with Crippen molar-refractivity contribution in [1.29, 1.82) is 5.41 Å². The van der Waals surface area contributed by atoms with Gasteiger partial charge in [0.25, 0.3) is 5.91 Å². The third-order valence-electron chi connectivity index (χ3n) is 2.78. The maximum absolute atomic E-state index is 12.0. The summed E-state index contributed by atoms with van der Waals surface area (Å²) in [5.41, 5.74) is 12.1. The molecule has 0 saturated heterocycles. The molecule has 0 atom stereocenters. The molecule has 1 heterocycles. The molecule has 1 aromatic heterocycles. The molecule has 0 fully saturated rings. The molecule has 106 valence electrons. The summed E-state index contributed by atoms with van der Waals surface area (Å²) in [6.07, 6.45) is 3.12. The third-order valence-corrected chi connectivity index (χ3v) is 2.78. The minimum atomic E-state index is -0.179. The summed E-state index contributed by atoms with van der Waals surface area (Å²) in [4.78, 5) is 12.0. The van der Waals surface area contributed by atoms with Crippen molar-refractivity contribution in [3.8, 4) is 0 Å². The van der Waals surface area contributed by atoms with Crippen LogP contribution >= 0.6 is 0 Å².